The molecule has 0 radical (unpaired) electrons. The van der Waals surface area contributed by atoms with Crippen LogP contribution < -0.4 is 9.47 Å². The Morgan fingerprint density at radius 3 is 2.23 bits per heavy atom. The van der Waals surface area contributed by atoms with Gasteiger partial charge in [-0.2, -0.15) is 0 Å². The molecule has 0 bridgehead atoms. The molecule has 0 saturated carbocycles. The van der Waals surface area contributed by atoms with Gasteiger partial charge in [-0.25, -0.2) is 13.6 Å². The Morgan fingerprint density at radius 1 is 0.857 bits per heavy atom. The van der Waals surface area contributed by atoms with E-state index >= 15 is 0 Å². The summed E-state index contributed by atoms with van der Waals surface area (Å²) in [5, 5.41) is 5.49. The molecule has 5 aromatic rings. The number of hydrogen-bond donors (Lipinski definition) is 0. The van der Waals surface area contributed by atoms with E-state index in [0.717, 1.165) is 12.1 Å². The van der Waals surface area contributed by atoms with Gasteiger partial charge in [-0.1, -0.05) is 29.4 Å². The first-order valence-electron chi connectivity index (χ1n) is 10.5. The molecule has 1 aliphatic carbocycles. The molecule has 0 amide bonds. The van der Waals surface area contributed by atoms with Gasteiger partial charge < -0.3 is 14.0 Å². The van der Waals surface area contributed by atoms with Crippen LogP contribution in [0.1, 0.15) is 26.4 Å². The number of fused-ring (bicyclic) bond motifs is 2. The van der Waals surface area contributed by atoms with Crippen LogP contribution in [0.4, 0.5) is 8.78 Å². The van der Waals surface area contributed by atoms with E-state index in [1.165, 1.54) is 42.5 Å². The Kier molecular flexibility index (Phi) is 4.67. The maximum absolute atomic E-state index is 13.3. The summed E-state index contributed by atoms with van der Waals surface area (Å²) in [6.07, 6.45) is 1.22. The van der Waals surface area contributed by atoms with Crippen molar-refractivity contribution in [2.75, 3.05) is 0 Å². The van der Waals surface area contributed by atoms with Gasteiger partial charge in [-0.05, 0) is 48.5 Å². The van der Waals surface area contributed by atoms with E-state index in [9.17, 15) is 18.4 Å². The van der Waals surface area contributed by atoms with Crippen molar-refractivity contribution in [2.45, 2.75) is 0 Å². The summed E-state index contributed by atoms with van der Waals surface area (Å²) in [4.78, 5) is 26.2. The number of benzene rings is 4. The third kappa shape index (κ3) is 3.43. The van der Waals surface area contributed by atoms with Gasteiger partial charge in [0.2, 0.25) is 0 Å². The lowest BCUT2D eigenvalue weighted by Gasteiger charge is -2.17. The van der Waals surface area contributed by atoms with Gasteiger partial charge in [0.05, 0.1) is 16.5 Å². The van der Waals surface area contributed by atoms with Crippen LogP contribution in [0.15, 0.2) is 83.4 Å². The molecule has 0 fully saturated rings. The van der Waals surface area contributed by atoms with Crippen molar-refractivity contribution in [3.8, 4) is 11.5 Å². The number of nitrogens with zero attached hydrogens (tertiary/aromatic N) is 1. The highest BCUT2D eigenvalue weighted by atomic mass is 19.1. The highest BCUT2D eigenvalue weighted by Gasteiger charge is 2.33. The third-order valence-corrected chi connectivity index (χ3v) is 5.64. The quantitative estimate of drug-likeness (QED) is 0.234. The number of aromatic nitrogens is 1. The Labute approximate surface area is 196 Å². The highest BCUT2D eigenvalue weighted by Crippen LogP contribution is 2.44. The van der Waals surface area contributed by atoms with Crippen LogP contribution in [-0.4, -0.2) is 16.9 Å². The molecule has 4 aromatic carbocycles. The smallest absolute Gasteiger partial charge is 0.343 e. The van der Waals surface area contributed by atoms with Crippen LogP contribution in [-0.2, 0) is 0 Å². The minimum absolute atomic E-state index is 0.0361. The first-order valence-corrected chi connectivity index (χ1v) is 10.5. The molecule has 1 aliphatic rings. The number of halogens is 2. The van der Waals surface area contributed by atoms with Crippen LogP contribution >= 0.6 is 0 Å². The molecule has 0 N–H and O–H groups in total. The van der Waals surface area contributed by atoms with Gasteiger partial charge in [0.15, 0.2) is 28.6 Å². The summed E-state index contributed by atoms with van der Waals surface area (Å²) in [5.41, 5.74) is 0.780. The molecule has 0 saturated heterocycles. The van der Waals surface area contributed by atoms with Gasteiger partial charge in [0.1, 0.15) is 17.4 Å². The van der Waals surface area contributed by atoms with E-state index in [-0.39, 0.29) is 28.3 Å². The van der Waals surface area contributed by atoms with Crippen molar-refractivity contribution in [1.29, 1.82) is 0 Å². The minimum atomic E-state index is -0.756. The largest absolute Gasteiger partial charge is 0.455 e. The topological polar surface area (TPSA) is 78.6 Å². The zero-order valence-electron chi connectivity index (χ0n) is 17.7. The van der Waals surface area contributed by atoms with Crippen molar-refractivity contribution in [3.05, 3.63) is 107 Å². The van der Waals surface area contributed by atoms with Crippen LogP contribution in [0.3, 0.4) is 0 Å². The number of carbonyl (C=O) groups is 2. The fourth-order valence-corrected chi connectivity index (χ4v) is 4.05. The van der Waals surface area contributed by atoms with E-state index in [1.54, 1.807) is 24.3 Å². The lowest BCUT2D eigenvalue weighted by molar-refractivity contribution is 0.0735. The molecule has 6 nitrogen and oxygen atoms in total. The van der Waals surface area contributed by atoms with Crippen molar-refractivity contribution in [2.24, 2.45) is 0 Å². The maximum atomic E-state index is 13.3. The number of allylic oxidation sites excluding steroid dienone is 1. The number of ketones is 1. The van der Waals surface area contributed by atoms with Gasteiger partial charge in [-0.3, -0.25) is 4.79 Å². The lowest BCUT2D eigenvalue weighted by atomic mass is 9.92. The van der Waals surface area contributed by atoms with Crippen LogP contribution in [0.25, 0.3) is 27.5 Å². The second-order valence-corrected chi connectivity index (χ2v) is 7.81. The second kappa shape index (κ2) is 7.88. The standard InChI is InChI=1S/C27H13F2NO5/c28-15-7-5-14(6-8-15)27(32)34-25-18-3-1-2-4-19(18)26-23-22(25)20(31)13-21(24(23)30-35-26)33-17-11-9-16(29)10-12-17/h1-13H. The van der Waals surface area contributed by atoms with E-state index in [1.807, 2.05) is 0 Å². The Balaban J connectivity index is 1.52. The summed E-state index contributed by atoms with van der Waals surface area (Å²) in [6, 6.07) is 17.1. The molecular weight excluding hydrogens is 456 g/mol. The zero-order valence-corrected chi connectivity index (χ0v) is 17.7. The van der Waals surface area contributed by atoms with E-state index in [0.29, 0.717) is 27.5 Å². The number of ether oxygens (including phenoxy) is 2. The van der Waals surface area contributed by atoms with Crippen molar-refractivity contribution in [3.63, 3.8) is 0 Å². The number of esters is 1. The van der Waals surface area contributed by atoms with E-state index in [4.69, 9.17) is 14.0 Å². The van der Waals surface area contributed by atoms with E-state index < -0.39 is 23.4 Å². The molecule has 6 rings (SSSR count). The molecule has 170 valence electrons. The predicted octanol–water partition coefficient (Wildman–Crippen LogP) is 6.09. The molecular formula is C27H13F2NO5. The molecule has 1 heterocycles. The zero-order chi connectivity index (χ0) is 24.1. The first-order chi connectivity index (χ1) is 17.0. The summed E-state index contributed by atoms with van der Waals surface area (Å²) >= 11 is 0. The van der Waals surface area contributed by atoms with Gasteiger partial charge >= 0.3 is 5.97 Å². The summed E-state index contributed by atoms with van der Waals surface area (Å²) in [6.45, 7) is 0. The molecule has 8 heteroatoms. The highest BCUT2D eigenvalue weighted by molar-refractivity contribution is 6.27. The first kappa shape index (κ1) is 20.7. The molecule has 0 atom stereocenters. The Hall–Kier alpha value is -4.85. The average molecular weight is 469 g/mol. The summed E-state index contributed by atoms with van der Waals surface area (Å²) < 4.78 is 43.7. The minimum Gasteiger partial charge on any atom is -0.455 e. The fourth-order valence-electron chi connectivity index (χ4n) is 4.05. The molecule has 1 aromatic heterocycles. The predicted molar refractivity (Wildman–Crippen MR) is 122 cm³/mol. The van der Waals surface area contributed by atoms with Gasteiger partial charge in [-0.15, -0.1) is 0 Å². The normalized spacial score (nSPS) is 12.6. The average Bonchev–Trinajstić information content (AvgIpc) is 3.30. The number of rotatable bonds is 4. The summed E-state index contributed by atoms with van der Waals surface area (Å²) in [7, 11) is 0. The maximum Gasteiger partial charge on any atom is 0.343 e. The number of hydrogen-bond acceptors (Lipinski definition) is 6. The van der Waals surface area contributed by atoms with Gasteiger partial charge in [0, 0.05) is 16.8 Å². The van der Waals surface area contributed by atoms with Gasteiger partial charge in [0.25, 0.3) is 0 Å². The van der Waals surface area contributed by atoms with Crippen LogP contribution in [0.5, 0.6) is 11.5 Å². The number of carbonyl (C=O) groups excluding carboxylic acids is 2. The lowest BCUT2D eigenvalue weighted by Crippen LogP contribution is -2.14. The Morgan fingerprint density at radius 2 is 1.51 bits per heavy atom. The Bertz CT molecular complexity index is 1690. The monoisotopic (exact) mass is 469 g/mol. The second-order valence-electron chi connectivity index (χ2n) is 7.81. The van der Waals surface area contributed by atoms with Crippen LogP contribution in [0, 0.1) is 11.6 Å². The third-order valence-electron chi connectivity index (χ3n) is 5.64. The molecule has 0 unspecified atom stereocenters. The summed E-state index contributed by atoms with van der Waals surface area (Å²) in [5.74, 6) is -1.72. The van der Waals surface area contributed by atoms with E-state index in [2.05, 4.69) is 5.16 Å². The SMILES string of the molecule is O=C(Oc1c2c3c(noc3c3ccccc13)C(Oc1ccc(F)cc1)=CC2=O)c1ccc(F)cc1. The van der Waals surface area contributed by atoms with Crippen molar-refractivity contribution >= 4 is 39.3 Å². The fraction of sp³-hybridized carbons (Fsp3) is 0. The van der Waals surface area contributed by atoms with Crippen molar-refractivity contribution in [1.82, 2.24) is 5.16 Å². The van der Waals surface area contributed by atoms with Crippen LogP contribution in [0.2, 0.25) is 0 Å². The molecule has 35 heavy (non-hydrogen) atoms. The molecule has 0 spiro atoms. The van der Waals surface area contributed by atoms with Crippen molar-refractivity contribution < 1.29 is 32.4 Å². The molecule has 0 aliphatic heterocycles.